The fourth-order valence-corrected chi connectivity index (χ4v) is 1.72. The maximum absolute atomic E-state index is 13.3. The number of carbonyl (C=O) groups is 1. The molecule has 3 N–H and O–H groups in total. The summed E-state index contributed by atoms with van der Waals surface area (Å²) in [5.74, 6) is -0.557. The summed E-state index contributed by atoms with van der Waals surface area (Å²) >= 11 is 0. The Morgan fingerprint density at radius 2 is 1.95 bits per heavy atom. The molecule has 2 aromatic rings. The lowest BCUT2D eigenvalue weighted by atomic mass is 10.3. The van der Waals surface area contributed by atoms with Crippen molar-refractivity contribution in [3.8, 4) is 0 Å². The quantitative estimate of drug-likeness (QED) is 0.716. The van der Waals surface area contributed by atoms with Crippen molar-refractivity contribution in [2.45, 2.75) is 6.42 Å². The second kappa shape index (κ2) is 7.84. The summed E-state index contributed by atoms with van der Waals surface area (Å²) in [6, 6.07) is 10.8. The summed E-state index contributed by atoms with van der Waals surface area (Å²) in [4.78, 5) is 15.2. The number of benzene rings is 1. The number of hydrogen-bond acceptors (Lipinski definition) is 3. The van der Waals surface area contributed by atoms with Gasteiger partial charge in [0.2, 0.25) is 0 Å². The van der Waals surface area contributed by atoms with Crippen LogP contribution in [0.5, 0.6) is 0 Å². The SMILES string of the molecule is O=C(NCCCNc1ccccc1)Nc1ccncc1F. The Balaban J connectivity index is 1.63. The van der Waals surface area contributed by atoms with Gasteiger partial charge in [-0.15, -0.1) is 0 Å². The summed E-state index contributed by atoms with van der Waals surface area (Å²) in [5, 5.41) is 8.34. The second-order valence-electron chi connectivity index (χ2n) is 4.38. The summed E-state index contributed by atoms with van der Waals surface area (Å²) in [7, 11) is 0. The van der Waals surface area contributed by atoms with Crippen LogP contribution in [0, 0.1) is 5.82 Å². The van der Waals surface area contributed by atoms with Gasteiger partial charge >= 0.3 is 6.03 Å². The van der Waals surface area contributed by atoms with Gasteiger partial charge in [0.15, 0.2) is 5.82 Å². The van der Waals surface area contributed by atoms with E-state index in [1.54, 1.807) is 0 Å². The third-order valence-corrected chi connectivity index (χ3v) is 2.76. The van der Waals surface area contributed by atoms with Gasteiger partial charge in [0.05, 0.1) is 11.9 Å². The van der Waals surface area contributed by atoms with Crippen LogP contribution in [0.4, 0.5) is 20.6 Å². The average Bonchev–Trinajstić information content (AvgIpc) is 2.50. The Labute approximate surface area is 122 Å². The highest BCUT2D eigenvalue weighted by molar-refractivity contribution is 5.89. The number of rotatable bonds is 6. The molecule has 0 aliphatic rings. The maximum atomic E-state index is 13.3. The zero-order valence-electron chi connectivity index (χ0n) is 11.5. The lowest BCUT2D eigenvalue weighted by Crippen LogP contribution is -2.30. The van der Waals surface area contributed by atoms with Gasteiger partial charge in [0.1, 0.15) is 0 Å². The monoisotopic (exact) mass is 288 g/mol. The summed E-state index contributed by atoms with van der Waals surface area (Å²) in [6.45, 7) is 1.24. The van der Waals surface area contributed by atoms with Crippen LogP contribution in [-0.2, 0) is 0 Å². The molecule has 0 bridgehead atoms. The number of amides is 2. The van der Waals surface area contributed by atoms with E-state index in [1.807, 2.05) is 30.3 Å². The molecule has 0 atom stereocenters. The predicted octanol–water partition coefficient (Wildman–Crippen LogP) is 2.84. The van der Waals surface area contributed by atoms with Crippen LogP contribution in [0.15, 0.2) is 48.8 Å². The van der Waals surface area contributed by atoms with Crippen LogP contribution < -0.4 is 16.0 Å². The van der Waals surface area contributed by atoms with Gasteiger partial charge in [-0.2, -0.15) is 0 Å². The van der Waals surface area contributed by atoms with Gasteiger partial charge in [0, 0.05) is 25.0 Å². The molecule has 0 radical (unpaired) electrons. The molecule has 0 saturated carbocycles. The van der Waals surface area contributed by atoms with Crippen molar-refractivity contribution >= 4 is 17.4 Å². The van der Waals surface area contributed by atoms with Crippen LogP contribution in [0.3, 0.4) is 0 Å². The highest BCUT2D eigenvalue weighted by Crippen LogP contribution is 2.10. The zero-order chi connectivity index (χ0) is 14.9. The van der Waals surface area contributed by atoms with E-state index in [-0.39, 0.29) is 5.69 Å². The molecule has 6 heteroatoms. The van der Waals surface area contributed by atoms with Gasteiger partial charge in [-0.3, -0.25) is 4.98 Å². The normalized spacial score (nSPS) is 9.95. The topological polar surface area (TPSA) is 66.1 Å². The minimum Gasteiger partial charge on any atom is -0.385 e. The lowest BCUT2D eigenvalue weighted by Gasteiger charge is -2.09. The number of carbonyl (C=O) groups excluding carboxylic acids is 1. The number of anilines is 2. The number of aromatic nitrogens is 1. The van der Waals surface area contributed by atoms with E-state index in [9.17, 15) is 9.18 Å². The molecular weight excluding hydrogens is 271 g/mol. The van der Waals surface area contributed by atoms with E-state index in [2.05, 4.69) is 20.9 Å². The van der Waals surface area contributed by atoms with Gasteiger partial charge in [-0.1, -0.05) is 18.2 Å². The molecule has 0 aliphatic carbocycles. The zero-order valence-corrected chi connectivity index (χ0v) is 11.5. The first kappa shape index (κ1) is 14.8. The molecular formula is C15H17FN4O. The summed E-state index contributed by atoms with van der Waals surface area (Å²) in [6.07, 6.45) is 3.24. The van der Waals surface area contributed by atoms with Crippen molar-refractivity contribution in [3.63, 3.8) is 0 Å². The first-order chi connectivity index (χ1) is 10.3. The first-order valence-corrected chi connectivity index (χ1v) is 6.69. The third-order valence-electron chi connectivity index (χ3n) is 2.76. The van der Waals surface area contributed by atoms with Crippen molar-refractivity contribution in [2.75, 3.05) is 23.7 Å². The van der Waals surface area contributed by atoms with E-state index in [0.29, 0.717) is 6.54 Å². The molecule has 1 heterocycles. The number of nitrogens with one attached hydrogen (secondary N) is 3. The molecule has 1 aromatic carbocycles. The highest BCUT2D eigenvalue weighted by atomic mass is 19.1. The Bertz CT molecular complexity index is 577. The predicted molar refractivity (Wildman–Crippen MR) is 80.8 cm³/mol. The van der Waals surface area contributed by atoms with E-state index in [0.717, 1.165) is 24.8 Å². The highest BCUT2D eigenvalue weighted by Gasteiger charge is 2.05. The number of urea groups is 1. The summed E-state index contributed by atoms with van der Waals surface area (Å²) in [5.41, 5.74) is 1.16. The number of halogens is 1. The molecule has 0 fully saturated rings. The number of hydrogen-bond donors (Lipinski definition) is 3. The van der Waals surface area contributed by atoms with Crippen molar-refractivity contribution < 1.29 is 9.18 Å². The van der Waals surface area contributed by atoms with Crippen LogP contribution in [0.25, 0.3) is 0 Å². The van der Waals surface area contributed by atoms with Gasteiger partial charge in [-0.05, 0) is 24.6 Å². The largest absolute Gasteiger partial charge is 0.385 e. The fraction of sp³-hybridized carbons (Fsp3) is 0.200. The van der Waals surface area contributed by atoms with Crippen LogP contribution in [0.2, 0.25) is 0 Å². The van der Waals surface area contributed by atoms with E-state index >= 15 is 0 Å². The van der Waals surface area contributed by atoms with E-state index in [1.165, 1.54) is 12.3 Å². The molecule has 1 aromatic heterocycles. The fourth-order valence-electron chi connectivity index (χ4n) is 1.72. The minimum atomic E-state index is -0.557. The van der Waals surface area contributed by atoms with Gasteiger partial charge < -0.3 is 16.0 Å². The lowest BCUT2D eigenvalue weighted by molar-refractivity contribution is 0.252. The molecule has 0 aliphatic heterocycles. The minimum absolute atomic E-state index is 0.116. The smallest absolute Gasteiger partial charge is 0.319 e. The third kappa shape index (κ3) is 5.10. The van der Waals surface area contributed by atoms with Crippen LogP contribution in [0.1, 0.15) is 6.42 Å². The Kier molecular flexibility index (Phi) is 5.51. The molecule has 0 unspecified atom stereocenters. The molecule has 0 saturated heterocycles. The standard InChI is InChI=1S/C15H17FN4O/c16-13-11-17-10-7-14(13)20-15(21)19-9-4-8-18-12-5-2-1-3-6-12/h1-3,5-7,10-11,18H,4,8-9H2,(H2,17,19,20,21). The molecule has 2 amide bonds. The number of para-hydroxylation sites is 1. The van der Waals surface area contributed by atoms with E-state index < -0.39 is 11.8 Å². The molecule has 0 spiro atoms. The Morgan fingerprint density at radius 3 is 2.71 bits per heavy atom. The molecule has 110 valence electrons. The maximum Gasteiger partial charge on any atom is 0.319 e. The van der Waals surface area contributed by atoms with E-state index in [4.69, 9.17) is 0 Å². The van der Waals surface area contributed by atoms with Crippen LogP contribution >= 0.6 is 0 Å². The first-order valence-electron chi connectivity index (χ1n) is 6.69. The summed E-state index contributed by atoms with van der Waals surface area (Å²) < 4.78 is 13.3. The Morgan fingerprint density at radius 1 is 1.14 bits per heavy atom. The van der Waals surface area contributed by atoms with Crippen molar-refractivity contribution in [2.24, 2.45) is 0 Å². The van der Waals surface area contributed by atoms with Gasteiger partial charge in [-0.25, -0.2) is 9.18 Å². The van der Waals surface area contributed by atoms with Crippen LogP contribution in [-0.4, -0.2) is 24.1 Å². The molecule has 21 heavy (non-hydrogen) atoms. The second-order valence-corrected chi connectivity index (χ2v) is 4.38. The number of pyridine rings is 1. The van der Waals surface area contributed by atoms with Gasteiger partial charge in [0.25, 0.3) is 0 Å². The Hall–Kier alpha value is -2.63. The molecule has 5 nitrogen and oxygen atoms in total. The number of nitrogens with zero attached hydrogens (tertiary/aromatic N) is 1. The van der Waals surface area contributed by atoms with Crippen molar-refractivity contribution in [3.05, 3.63) is 54.6 Å². The average molecular weight is 288 g/mol. The van der Waals surface area contributed by atoms with Crippen molar-refractivity contribution in [1.82, 2.24) is 10.3 Å². The molecule has 2 rings (SSSR count). The van der Waals surface area contributed by atoms with Crippen molar-refractivity contribution in [1.29, 1.82) is 0 Å².